The largest absolute Gasteiger partial charge is 0.341 e. The summed E-state index contributed by atoms with van der Waals surface area (Å²) in [7, 11) is -3.83. The highest BCUT2D eigenvalue weighted by atomic mass is 32.2. The number of carbonyl (C=O) groups is 1. The first kappa shape index (κ1) is 23.3. The Labute approximate surface area is 195 Å². The fourth-order valence-corrected chi connectivity index (χ4v) is 3.88. The molecule has 2 amide bonds. The van der Waals surface area contributed by atoms with Crippen LogP contribution in [0.1, 0.15) is 19.3 Å². The monoisotopic (exact) mass is 486 g/mol. The van der Waals surface area contributed by atoms with Crippen LogP contribution in [0, 0.1) is 5.82 Å². The smallest absolute Gasteiger partial charge is 0.326 e. The van der Waals surface area contributed by atoms with Crippen LogP contribution in [0.2, 0.25) is 0 Å². The highest BCUT2D eigenvalue weighted by Gasteiger charge is 2.18. The van der Waals surface area contributed by atoms with Gasteiger partial charge < -0.3 is 15.5 Å². The number of aromatic nitrogens is 3. The van der Waals surface area contributed by atoms with Gasteiger partial charge >= 0.3 is 6.03 Å². The van der Waals surface area contributed by atoms with Crippen molar-refractivity contribution in [2.75, 3.05) is 33.9 Å². The first-order valence-electron chi connectivity index (χ1n) is 10.5. The Morgan fingerprint density at radius 1 is 0.853 bits per heavy atom. The average Bonchev–Trinajstić information content (AvgIpc) is 2.81. The van der Waals surface area contributed by atoms with E-state index < -0.39 is 16.1 Å². The van der Waals surface area contributed by atoms with Crippen molar-refractivity contribution < 1.29 is 17.6 Å². The summed E-state index contributed by atoms with van der Waals surface area (Å²) in [6, 6.07) is 10.5. The van der Waals surface area contributed by atoms with Crippen LogP contribution in [0.3, 0.4) is 0 Å². The number of nitrogens with one attached hydrogen (secondary N) is 3. The van der Waals surface area contributed by atoms with Gasteiger partial charge in [0.2, 0.25) is 27.9 Å². The lowest BCUT2D eigenvalue weighted by molar-refractivity contribution is 0.262. The average molecular weight is 487 g/mol. The standard InChI is InChI=1S/C21H23FN8O3S/c22-14-4-6-15(7-5-14)24-18-26-19(28-20(27-18)30-12-2-1-3-13-30)29-21(31)25-16-8-10-17(11-9-16)34(23,32)33/h4-11H,1-3,12-13H2,(H2,23,32,33)(H3,24,25,26,27,28,29,31). The number of hydrogen-bond donors (Lipinski definition) is 4. The molecule has 11 nitrogen and oxygen atoms in total. The van der Waals surface area contributed by atoms with E-state index >= 15 is 0 Å². The lowest BCUT2D eigenvalue weighted by atomic mass is 10.1. The molecule has 0 bridgehead atoms. The van der Waals surface area contributed by atoms with Crippen molar-refractivity contribution >= 4 is 45.3 Å². The fourth-order valence-electron chi connectivity index (χ4n) is 3.37. The number of anilines is 5. The minimum Gasteiger partial charge on any atom is -0.341 e. The van der Waals surface area contributed by atoms with Crippen LogP contribution >= 0.6 is 0 Å². The van der Waals surface area contributed by atoms with E-state index in [2.05, 4.69) is 30.9 Å². The Bertz CT molecular complexity index is 1260. The summed E-state index contributed by atoms with van der Waals surface area (Å²) < 4.78 is 36.0. The Morgan fingerprint density at radius 3 is 2.12 bits per heavy atom. The number of urea groups is 1. The van der Waals surface area contributed by atoms with Gasteiger partial charge in [-0.15, -0.1) is 0 Å². The van der Waals surface area contributed by atoms with E-state index in [4.69, 9.17) is 5.14 Å². The van der Waals surface area contributed by atoms with Crippen LogP contribution in [-0.4, -0.2) is 42.5 Å². The number of amides is 2. The molecule has 34 heavy (non-hydrogen) atoms. The van der Waals surface area contributed by atoms with Crippen molar-refractivity contribution in [3.63, 3.8) is 0 Å². The molecule has 1 saturated heterocycles. The topological polar surface area (TPSA) is 155 Å². The van der Waals surface area contributed by atoms with E-state index in [1.807, 2.05) is 4.90 Å². The normalized spacial score (nSPS) is 13.9. The van der Waals surface area contributed by atoms with E-state index in [9.17, 15) is 17.6 Å². The van der Waals surface area contributed by atoms with E-state index in [0.717, 1.165) is 32.4 Å². The van der Waals surface area contributed by atoms with Gasteiger partial charge in [-0.1, -0.05) is 0 Å². The van der Waals surface area contributed by atoms with Gasteiger partial charge in [-0.05, 0) is 67.8 Å². The second-order valence-corrected chi connectivity index (χ2v) is 9.17. The second kappa shape index (κ2) is 9.97. The van der Waals surface area contributed by atoms with E-state index in [-0.39, 0.29) is 22.6 Å². The number of piperidine rings is 1. The molecule has 1 aliphatic rings. The maximum atomic E-state index is 13.2. The minimum atomic E-state index is -3.83. The highest BCUT2D eigenvalue weighted by Crippen LogP contribution is 2.21. The molecule has 2 aromatic carbocycles. The van der Waals surface area contributed by atoms with E-state index in [0.29, 0.717) is 17.3 Å². The number of sulfonamides is 1. The molecule has 0 aliphatic carbocycles. The Balaban J connectivity index is 1.53. The molecule has 3 aromatic rings. The number of nitrogens with two attached hydrogens (primary N) is 1. The van der Waals surface area contributed by atoms with Gasteiger partial charge in [0.05, 0.1) is 4.90 Å². The molecule has 1 fully saturated rings. The van der Waals surface area contributed by atoms with Crippen LogP contribution in [0.4, 0.5) is 38.4 Å². The molecule has 0 saturated carbocycles. The zero-order valence-electron chi connectivity index (χ0n) is 18.0. The SMILES string of the molecule is NS(=O)(=O)c1ccc(NC(=O)Nc2nc(Nc3ccc(F)cc3)nc(N3CCCCC3)n2)cc1. The molecule has 0 atom stereocenters. The summed E-state index contributed by atoms with van der Waals surface area (Å²) >= 11 is 0. The third-order valence-corrected chi connectivity index (χ3v) is 5.96. The summed E-state index contributed by atoms with van der Waals surface area (Å²) in [5.74, 6) is 0.243. The Hall–Kier alpha value is -3.84. The summed E-state index contributed by atoms with van der Waals surface area (Å²) in [5.41, 5.74) is 0.919. The molecular weight excluding hydrogens is 463 g/mol. The first-order valence-corrected chi connectivity index (χ1v) is 12.1. The predicted octanol–water partition coefficient (Wildman–Crippen LogP) is 3.04. The zero-order chi connectivity index (χ0) is 24.1. The molecule has 178 valence electrons. The summed E-state index contributed by atoms with van der Waals surface area (Å²) in [5, 5.41) is 13.2. The summed E-state index contributed by atoms with van der Waals surface area (Å²) in [6.45, 7) is 1.56. The van der Waals surface area contributed by atoms with E-state index in [1.165, 1.54) is 36.4 Å². The summed E-state index contributed by atoms with van der Waals surface area (Å²) in [6.07, 6.45) is 3.13. The minimum absolute atomic E-state index is 0.0128. The Kier molecular flexibility index (Phi) is 6.84. The van der Waals surface area contributed by atoms with Gasteiger partial charge in [0.15, 0.2) is 0 Å². The lowest BCUT2D eigenvalue weighted by Gasteiger charge is -2.27. The molecule has 0 radical (unpaired) electrons. The first-order chi connectivity index (χ1) is 16.3. The predicted molar refractivity (Wildman–Crippen MR) is 126 cm³/mol. The maximum Gasteiger partial charge on any atom is 0.326 e. The van der Waals surface area contributed by atoms with Crippen molar-refractivity contribution in [2.45, 2.75) is 24.2 Å². The number of primary sulfonamides is 1. The molecule has 1 aliphatic heterocycles. The van der Waals surface area contributed by atoms with Gasteiger partial charge in [0, 0.05) is 24.5 Å². The second-order valence-electron chi connectivity index (χ2n) is 7.61. The molecule has 0 unspecified atom stereocenters. The van der Waals surface area contributed by atoms with Crippen molar-refractivity contribution in [2.24, 2.45) is 5.14 Å². The molecule has 0 spiro atoms. The molecule has 5 N–H and O–H groups in total. The number of benzene rings is 2. The van der Waals surface area contributed by atoms with Crippen LogP contribution in [0.15, 0.2) is 53.4 Å². The third-order valence-electron chi connectivity index (χ3n) is 5.03. The number of halogens is 1. The van der Waals surface area contributed by atoms with Crippen molar-refractivity contribution in [1.82, 2.24) is 15.0 Å². The lowest BCUT2D eigenvalue weighted by Crippen LogP contribution is -2.32. The van der Waals surface area contributed by atoms with Gasteiger partial charge in [-0.3, -0.25) is 5.32 Å². The quantitative estimate of drug-likeness (QED) is 0.414. The third kappa shape index (κ3) is 6.14. The van der Waals surface area contributed by atoms with Crippen LogP contribution in [0.25, 0.3) is 0 Å². The molecule has 2 heterocycles. The van der Waals surface area contributed by atoms with Gasteiger partial charge in [0.1, 0.15) is 5.82 Å². The van der Waals surface area contributed by atoms with Crippen LogP contribution in [0.5, 0.6) is 0 Å². The number of nitrogens with zero attached hydrogens (tertiary/aromatic N) is 4. The van der Waals surface area contributed by atoms with Gasteiger partial charge in [0.25, 0.3) is 0 Å². The number of carbonyl (C=O) groups excluding carboxylic acids is 1. The van der Waals surface area contributed by atoms with Crippen LogP contribution in [-0.2, 0) is 10.0 Å². The fraction of sp³-hybridized carbons (Fsp3) is 0.238. The zero-order valence-corrected chi connectivity index (χ0v) is 18.8. The highest BCUT2D eigenvalue weighted by molar-refractivity contribution is 7.89. The molecular formula is C21H23FN8O3S. The number of hydrogen-bond acceptors (Lipinski definition) is 8. The Morgan fingerprint density at radius 2 is 1.47 bits per heavy atom. The van der Waals surface area contributed by atoms with Gasteiger partial charge in [-0.2, -0.15) is 15.0 Å². The van der Waals surface area contributed by atoms with Crippen molar-refractivity contribution in [1.29, 1.82) is 0 Å². The van der Waals surface area contributed by atoms with E-state index in [1.54, 1.807) is 12.1 Å². The van der Waals surface area contributed by atoms with Crippen LogP contribution < -0.4 is 26.0 Å². The van der Waals surface area contributed by atoms with Gasteiger partial charge in [-0.25, -0.2) is 22.7 Å². The van der Waals surface area contributed by atoms with Crippen molar-refractivity contribution in [3.8, 4) is 0 Å². The maximum absolute atomic E-state index is 13.2. The number of rotatable bonds is 6. The summed E-state index contributed by atoms with van der Waals surface area (Å²) in [4.78, 5) is 27.5. The molecule has 1 aromatic heterocycles. The molecule has 13 heteroatoms. The van der Waals surface area contributed by atoms with Crippen molar-refractivity contribution in [3.05, 3.63) is 54.3 Å². The molecule has 4 rings (SSSR count).